The third-order valence-electron chi connectivity index (χ3n) is 7.33. The van der Waals surface area contributed by atoms with Gasteiger partial charge in [0.25, 0.3) is 0 Å². The van der Waals surface area contributed by atoms with Crippen molar-refractivity contribution in [3.8, 4) is 11.5 Å². The molecule has 0 bridgehead atoms. The Labute approximate surface area is 175 Å². The summed E-state index contributed by atoms with van der Waals surface area (Å²) in [7, 11) is 0. The second-order valence-corrected chi connectivity index (χ2v) is 9.94. The third kappa shape index (κ3) is 6.13. The van der Waals surface area contributed by atoms with Gasteiger partial charge in [-0.3, -0.25) is 4.79 Å². The molecule has 0 radical (unpaired) electrons. The van der Waals surface area contributed by atoms with Crippen LogP contribution in [-0.2, 0) is 17.6 Å². The molecule has 162 valence electrons. The molecule has 0 atom stereocenters. The van der Waals surface area contributed by atoms with Crippen LogP contribution in [0.5, 0.6) is 11.5 Å². The minimum absolute atomic E-state index is 0.0254. The van der Waals surface area contributed by atoms with Crippen LogP contribution in [-0.4, -0.2) is 21.3 Å². The van der Waals surface area contributed by atoms with Crippen molar-refractivity contribution in [1.29, 1.82) is 0 Å². The maximum absolute atomic E-state index is 11.2. The number of aryl methyl sites for hydroxylation is 1. The van der Waals surface area contributed by atoms with E-state index in [0.717, 1.165) is 68.9 Å². The molecular weight excluding hydrogens is 364 g/mol. The maximum atomic E-state index is 11.2. The van der Waals surface area contributed by atoms with Gasteiger partial charge in [-0.05, 0) is 81.3 Å². The first-order valence-corrected chi connectivity index (χ1v) is 11.6. The second kappa shape index (κ2) is 9.40. The third-order valence-corrected chi connectivity index (χ3v) is 7.33. The molecule has 2 fully saturated rings. The van der Waals surface area contributed by atoms with Crippen LogP contribution in [0.1, 0.15) is 102 Å². The lowest BCUT2D eigenvalue weighted by Crippen LogP contribution is -2.14. The smallest absolute Gasteiger partial charge is 0.309 e. The van der Waals surface area contributed by atoms with Crippen LogP contribution in [0.25, 0.3) is 0 Å². The molecular formula is C25H38O4. The number of unbranched alkanes of at least 4 members (excludes halogenated alkanes) is 5. The number of hydrogen-bond donors (Lipinski definition) is 3. The summed E-state index contributed by atoms with van der Waals surface area (Å²) < 4.78 is 0. The number of benzene rings is 1. The summed E-state index contributed by atoms with van der Waals surface area (Å²) in [4.78, 5) is 11.2. The fourth-order valence-corrected chi connectivity index (χ4v) is 4.53. The molecule has 3 N–H and O–H groups in total. The van der Waals surface area contributed by atoms with Gasteiger partial charge in [0, 0.05) is 5.56 Å². The van der Waals surface area contributed by atoms with E-state index in [-0.39, 0.29) is 11.5 Å². The van der Waals surface area contributed by atoms with Gasteiger partial charge in [-0.1, -0.05) is 45.1 Å². The maximum Gasteiger partial charge on any atom is 0.309 e. The predicted molar refractivity (Wildman–Crippen MR) is 115 cm³/mol. The molecule has 0 heterocycles. The first kappa shape index (κ1) is 22.0. The van der Waals surface area contributed by atoms with Gasteiger partial charge in [0.1, 0.15) is 0 Å². The van der Waals surface area contributed by atoms with Gasteiger partial charge in [-0.25, -0.2) is 0 Å². The molecule has 0 aliphatic heterocycles. The number of carboxylic acids is 1. The lowest BCUT2D eigenvalue weighted by atomic mass is 9.93. The van der Waals surface area contributed by atoms with Crippen molar-refractivity contribution >= 4 is 5.97 Å². The highest BCUT2D eigenvalue weighted by Gasteiger charge is 2.49. The van der Waals surface area contributed by atoms with Crippen LogP contribution in [0.4, 0.5) is 0 Å². The Kier molecular flexibility index (Phi) is 7.13. The SMILES string of the molecule is CC1(CCCCCCc2c(CCCCCC3(C(=O)O)CC3)ccc(O)c2O)CC1. The number of carbonyl (C=O) groups is 1. The highest BCUT2D eigenvalue weighted by atomic mass is 16.4. The van der Waals surface area contributed by atoms with E-state index in [0.29, 0.717) is 5.41 Å². The quantitative estimate of drug-likeness (QED) is 0.250. The molecule has 29 heavy (non-hydrogen) atoms. The van der Waals surface area contributed by atoms with Crippen molar-refractivity contribution in [3.63, 3.8) is 0 Å². The van der Waals surface area contributed by atoms with E-state index in [2.05, 4.69) is 6.92 Å². The van der Waals surface area contributed by atoms with E-state index in [9.17, 15) is 20.1 Å². The second-order valence-electron chi connectivity index (χ2n) is 9.94. The molecule has 3 rings (SSSR count). The van der Waals surface area contributed by atoms with Crippen LogP contribution in [0.15, 0.2) is 12.1 Å². The van der Waals surface area contributed by atoms with E-state index < -0.39 is 11.4 Å². The predicted octanol–water partition coefficient (Wildman–Crippen LogP) is 6.36. The van der Waals surface area contributed by atoms with E-state index >= 15 is 0 Å². The molecule has 2 aliphatic rings. The Morgan fingerprint density at radius 1 is 0.862 bits per heavy atom. The number of carboxylic acid groups (broad SMARTS) is 1. The summed E-state index contributed by atoms with van der Waals surface area (Å²) >= 11 is 0. The fraction of sp³-hybridized carbons (Fsp3) is 0.720. The fourth-order valence-electron chi connectivity index (χ4n) is 4.53. The number of phenols is 2. The van der Waals surface area contributed by atoms with Crippen LogP contribution < -0.4 is 0 Å². The van der Waals surface area contributed by atoms with Crippen LogP contribution in [0.2, 0.25) is 0 Å². The Hall–Kier alpha value is -1.71. The zero-order valence-electron chi connectivity index (χ0n) is 18.0. The molecule has 0 saturated heterocycles. The van der Waals surface area contributed by atoms with E-state index in [1.165, 1.54) is 38.5 Å². The minimum atomic E-state index is -0.630. The molecule has 4 heteroatoms. The van der Waals surface area contributed by atoms with Gasteiger partial charge in [-0.2, -0.15) is 0 Å². The Morgan fingerprint density at radius 2 is 1.48 bits per heavy atom. The van der Waals surface area contributed by atoms with E-state index in [1.807, 2.05) is 6.07 Å². The van der Waals surface area contributed by atoms with Gasteiger partial charge in [0.2, 0.25) is 0 Å². The molecule has 1 aromatic rings. The van der Waals surface area contributed by atoms with Gasteiger partial charge in [0.15, 0.2) is 11.5 Å². The first-order chi connectivity index (χ1) is 13.9. The lowest BCUT2D eigenvalue weighted by Gasteiger charge is -2.14. The Bertz CT molecular complexity index is 701. The Morgan fingerprint density at radius 3 is 2.14 bits per heavy atom. The summed E-state index contributed by atoms with van der Waals surface area (Å²) in [6, 6.07) is 3.53. The average Bonchev–Trinajstić information content (AvgIpc) is 3.60. The molecule has 0 unspecified atom stereocenters. The standard InChI is InChI=1S/C25H38O4/c1-24(15-16-24)13-7-3-2-6-10-20-19(11-12-21(26)22(20)27)9-5-4-8-14-25(17-18-25)23(28)29/h11-12,26-27H,2-10,13-18H2,1H3,(H,28,29). The van der Waals surface area contributed by atoms with Crippen molar-refractivity contribution in [2.75, 3.05) is 0 Å². The number of aromatic hydroxyl groups is 2. The van der Waals surface area contributed by atoms with Gasteiger partial charge >= 0.3 is 5.97 Å². The molecule has 2 saturated carbocycles. The van der Waals surface area contributed by atoms with Crippen molar-refractivity contribution < 1.29 is 20.1 Å². The van der Waals surface area contributed by atoms with Gasteiger partial charge in [-0.15, -0.1) is 0 Å². The van der Waals surface area contributed by atoms with Crippen molar-refractivity contribution in [1.82, 2.24) is 0 Å². The average molecular weight is 403 g/mol. The Balaban J connectivity index is 1.39. The van der Waals surface area contributed by atoms with Crippen molar-refractivity contribution in [2.45, 2.75) is 103 Å². The molecule has 1 aromatic carbocycles. The highest BCUT2D eigenvalue weighted by Crippen LogP contribution is 2.50. The van der Waals surface area contributed by atoms with Crippen LogP contribution in [0, 0.1) is 10.8 Å². The number of aliphatic carboxylic acids is 1. The van der Waals surface area contributed by atoms with Crippen LogP contribution in [0.3, 0.4) is 0 Å². The molecule has 0 spiro atoms. The number of rotatable bonds is 14. The zero-order chi connectivity index (χ0) is 20.9. The van der Waals surface area contributed by atoms with Gasteiger partial charge < -0.3 is 15.3 Å². The summed E-state index contributed by atoms with van der Waals surface area (Å²) in [6.45, 7) is 2.39. The summed E-state index contributed by atoms with van der Waals surface area (Å²) in [5.41, 5.74) is 2.26. The molecule has 4 nitrogen and oxygen atoms in total. The van der Waals surface area contributed by atoms with E-state index in [4.69, 9.17) is 0 Å². The lowest BCUT2D eigenvalue weighted by molar-refractivity contribution is -0.143. The minimum Gasteiger partial charge on any atom is -0.504 e. The zero-order valence-corrected chi connectivity index (χ0v) is 18.0. The normalized spacial score (nSPS) is 18.5. The van der Waals surface area contributed by atoms with E-state index in [1.54, 1.807) is 6.07 Å². The number of phenolic OH excluding ortho intramolecular Hbond substituents is 2. The molecule has 2 aliphatic carbocycles. The molecule has 0 amide bonds. The van der Waals surface area contributed by atoms with Crippen LogP contribution >= 0.6 is 0 Å². The summed E-state index contributed by atoms with van der Waals surface area (Å²) in [5.74, 6) is -0.604. The highest BCUT2D eigenvalue weighted by molar-refractivity contribution is 5.77. The van der Waals surface area contributed by atoms with Crippen molar-refractivity contribution in [2.24, 2.45) is 10.8 Å². The summed E-state index contributed by atoms with van der Waals surface area (Å²) in [5, 5.41) is 29.5. The summed E-state index contributed by atoms with van der Waals surface area (Å²) in [6.07, 6.45) is 16.0. The largest absolute Gasteiger partial charge is 0.504 e. The van der Waals surface area contributed by atoms with Gasteiger partial charge in [0.05, 0.1) is 5.41 Å². The first-order valence-electron chi connectivity index (χ1n) is 11.6. The molecule has 0 aromatic heterocycles. The number of hydrogen-bond acceptors (Lipinski definition) is 3. The monoisotopic (exact) mass is 402 g/mol. The van der Waals surface area contributed by atoms with Crippen molar-refractivity contribution in [3.05, 3.63) is 23.3 Å². The topological polar surface area (TPSA) is 77.8 Å².